The lowest BCUT2D eigenvalue weighted by Crippen LogP contribution is -2.48. The van der Waals surface area contributed by atoms with Crippen molar-refractivity contribution in [3.63, 3.8) is 0 Å². The minimum Gasteiger partial charge on any atom is -0.491 e. The Morgan fingerprint density at radius 2 is 1.91 bits per heavy atom. The first-order valence-electron chi connectivity index (χ1n) is 11.4. The van der Waals surface area contributed by atoms with Crippen LogP contribution >= 0.6 is 11.6 Å². The highest BCUT2D eigenvalue weighted by Gasteiger charge is 2.22. The molecule has 10 heteroatoms. The molecule has 4 rings (SSSR count). The SMILES string of the molecule is Cc1ccc(NC(=O)c2coc(CN3CCN(CC(O)COc4ccc(Cl)cc4)CC3)n2)cc1F. The molecular weight excluding hydrogens is 475 g/mol. The molecule has 2 aromatic carbocycles. The summed E-state index contributed by atoms with van der Waals surface area (Å²) in [5, 5.41) is 13.6. The van der Waals surface area contributed by atoms with Crippen molar-refractivity contribution in [2.45, 2.75) is 19.6 Å². The van der Waals surface area contributed by atoms with Gasteiger partial charge in [0.1, 0.15) is 30.5 Å². The second-order valence-corrected chi connectivity index (χ2v) is 8.98. The number of nitrogens with zero attached hydrogens (tertiary/aromatic N) is 3. The van der Waals surface area contributed by atoms with Gasteiger partial charge in [-0.15, -0.1) is 0 Å². The van der Waals surface area contributed by atoms with Gasteiger partial charge in [0.2, 0.25) is 5.89 Å². The van der Waals surface area contributed by atoms with Crippen molar-refractivity contribution in [2.75, 3.05) is 44.6 Å². The average molecular weight is 503 g/mol. The van der Waals surface area contributed by atoms with Crippen LogP contribution in [0.5, 0.6) is 5.75 Å². The molecule has 1 atom stereocenters. The fraction of sp³-hybridized carbons (Fsp3) is 0.360. The Bertz CT molecular complexity index is 1130. The number of oxazole rings is 1. The molecule has 186 valence electrons. The number of anilines is 1. The molecule has 1 saturated heterocycles. The van der Waals surface area contributed by atoms with Gasteiger partial charge in [-0.3, -0.25) is 14.6 Å². The second kappa shape index (κ2) is 11.6. The van der Waals surface area contributed by atoms with Gasteiger partial charge in [-0.2, -0.15) is 0 Å². The van der Waals surface area contributed by atoms with Gasteiger partial charge in [0.15, 0.2) is 5.69 Å². The predicted octanol–water partition coefficient (Wildman–Crippen LogP) is 3.59. The third-order valence-electron chi connectivity index (χ3n) is 5.76. The van der Waals surface area contributed by atoms with Gasteiger partial charge in [0, 0.05) is 43.4 Å². The van der Waals surface area contributed by atoms with Gasteiger partial charge in [0.05, 0.1) is 6.54 Å². The topological polar surface area (TPSA) is 91.1 Å². The molecule has 0 radical (unpaired) electrons. The molecule has 1 aliphatic rings. The number of carbonyl (C=O) groups is 1. The number of halogens is 2. The Kier molecular flexibility index (Phi) is 8.35. The van der Waals surface area contributed by atoms with Crippen molar-refractivity contribution < 1.29 is 23.4 Å². The fourth-order valence-electron chi connectivity index (χ4n) is 3.75. The normalized spacial score (nSPS) is 15.7. The first-order chi connectivity index (χ1) is 16.9. The van der Waals surface area contributed by atoms with Crippen molar-refractivity contribution >= 4 is 23.2 Å². The van der Waals surface area contributed by atoms with Gasteiger partial charge in [0.25, 0.3) is 5.91 Å². The Labute approximate surface area is 208 Å². The van der Waals surface area contributed by atoms with Crippen LogP contribution in [0.15, 0.2) is 53.1 Å². The van der Waals surface area contributed by atoms with Crippen molar-refractivity contribution in [1.29, 1.82) is 0 Å². The summed E-state index contributed by atoms with van der Waals surface area (Å²) in [7, 11) is 0. The minimum atomic E-state index is -0.605. The van der Waals surface area contributed by atoms with Crippen LogP contribution < -0.4 is 10.1 Å². The van der Waals surface area contributed by atoms with Crippen molar-refractivity contribution in [3.8, 4) is 5.75 Å². The first-order valence-corrected chi connectivity index (χ1v) is 11.8. The van der Waals surface area contributed by atoms with Crippen LogP contribution in [-0.2, 0) is 6.54 Å². The molecule has 1 amide bonds. The summed E-state index contributed by atoms with van der Waals surface area (Å²) in [6, 6.07) is 11.5. The number of aromatic nitrogens is 1. The number of aliphatic hydroxyl groups is 1. The number of aryl methyl sites for hydroxylation is 1. The van der Waals surface area contributed by atoms with Crippen molar-refractivity contribution in [2.24, 2.45) is 0 Å². The summed E-state index contributed by atoms with van der Waals surface area (Å²) in [6.07, 6.45) is 0.703. The number of nitrogens with one attached hydrogen (secondary N) is 1. The van der Waals surface area contributed by atoms with Gasteiger partial charge >= 0.3 is 0 Å². The van der Waals surface area contributed by atoms with Crippen LogP contribution in [0.25, 0.3) is 0 Å². The fourth-order valence-corrected chi connectivity index (χ4v) is 3.87. The summed E-state index contributed by atoms with van der Waals surface area (Å²) < 4.78 is 24.8. The summed E-state index contributed by atoms with van der Waals surface area (Å²) >= 11 is 5.87. The molecule has 1 fully saturated rings. The van der Waals surface area contributed by atoms with E-state index in [0.29, 0.717) is 41.0 Å². The lowest BCUT2D eigenvalue weighted by Gasteiger charge is -2.34. The monoisotopic (exact) mass is 502 g/mol. The maximum absolute atomic E-state index is 13.7. The Hall–Kier alpha value is -2.98. The number of rotatable bonds is 9. The largest absolute Gasteiger partial charge is 0.491 e. The lowest BCUT2D eigenvalue weighted by molar-refractivity contribution is 0.0430. The third-order valence-corrected chi connectivity index (χ3v) is 6.01. The number of amides is 1. The zero-order valence-electron chi connectivity index (χ0n) is 19.4. The molecule has 2 heterocycles. The number of hydrogen-bond acceptors (Lipinski definition) is 7. The molecule has 1 aliphatic heterocycles. The molecule has 0 bridgehead atoms. The Balaban J connectivity index is 1.18. The van der Waals surface area contributed by atoms with E-state index < -0.39 is 12.0 Å². The standard InChI is InChI=1S/C25H28ClFN4O4/c1-17-2-5-19(12-22(17)27)28-25(33)23-16-35-24(29-23)14-31-10-8-30(9-11-31)13-20(32)15-34-21-6-3-18(26)4-7-21/h2-7,12,16,20,32H,8-11,13-15H2,1H3,(H,28,33). The molecular formula is C25H28ClFN4O4. The highest BCUT2D eigenvalue weighted by molar-refractivity contribution is 6.30. The Morgan fingerprint density at radius 3 is 2.63 bits per heavy atom. The summed E-state index contributed by atoms with van der Waals surface area (Å²) in [5.74, 6) is 0.269. The van der Waals surface area contributed by atoms with Crippen molar-refractivity contribution in [1.82, 2.24) is 14.8 Å². The number of piperazine rings is 1. The minimum absolute atomic E-state index is 0.142. The van der Waals surface area contributed by atoms with Crippen LogP contribution in [0.1, 0.15) is 21.9 Å². The van der Waals surface area contributed by atoms with E-state index in [9.17, 15) is 14.3 Å². The molecule has 1 unspecified atom stereocenters. The maximum atomic E-state index is 13.7. The van der Waals surface area contributed by atoms with Crippen LogP contribution in [-0.4, -0.2) is 71.2 Å². The summed E-state index contributed by atoms with van der Waals surface area (Å²) in [5.41, 5.74) is 1.01. The van der Waals surface area contributed by atoms with Crippen LogP contribution in [0, 0.1) is 12.7 Å². The van der Waals surface area contributed by atoms with Gasteiger partial charge < -0.3 is 19.6 Å². The highest BCUT2D eigenvalue weighted by Crippen LogP contribution is 2.17. The van der Waals surface area contributed by atoms with Gasteiger partial charge in [-0.05, 0) is 48.9 Å². The molecule has 35 heavy (non-hydrogen) atoms. The van der Waals surface area contributed by atoms with Crippen molar-refractivity contribution in [3.05, 3.63) is 76.7 Å². The predicted molar refractivity (Wildman–Crippen MR) is 130 cm³/mol. The number of β-amino-alcohol motifs (C(OH)–C–C–N with tert-alkyl or cyclic N) is 1. The van der Waals surface area contributed by atoms with E-state index in [1.54, 1.807) is 43.3 Å². The summed E-state index contributed by atoms with van der Waals surface area (Å²) in [6.45, 7) is 5.97. The average Bonchev–Trinajstić information content (AvgIpc) is 3.31. The molecule has 8 nitrogen and oxygen atoms in total. The van der Waals surface area contributed by atoms with Gasteiger partial charge in [-0.1, -0.05) is 17.7 Å². The Morgan fingerprint density at radius 1 is 1.20 bits per heavy atom. The van der Waals surface area contributed by atoms with E-state index in [1.165, 1.54) is 12.3 Å². The number of benzene rings is 2. The van der Waals surface area contributed by atoms with E-state index in [-0.39, 0.29) is 18.1 Å². The second-order valence-electron chi connectivity index (χ2n) is 8.54. The van der Waals surface area contributed by atoms with E-state index in [4.69, 9.17) is 20.8 Å². The molecule has 2 N–H and O–H groups in total. The molecule has 0 spiro atoms. The maximum Gasteiger partial charge on any atom is 0.277 e. The number of carbonyl (C=O) groups excluding carboxylic acids is 1. The zero-order valence-corrected chi connectivity index (χ0v) is 20.2. The molecule has 1 aromatic heterocycles. The highest BCUT2D eigenvalue weighted by atomic mass is 35.5. The summed E-state index contributed by atoms with van der Waals surface area (Å²) in [4.78, 5) is 21.0. The molecule has 0 saturated carbocycles. The smallest absolute Gasteiger partial charge is 0.277 e. The van der Waals surface area contributed by atoms with E-state index in [0.717, 1.165) is 26.2 Å². The number of ether oxygens (including phenoxy) is 1. The lowest BCUT2D eigenvalue weighted by atomic mass is 10.2. The van der Waals surface area contributed by atoms with Crippen LogP contribution in [0.2, 0.25) is 5.02 Å². The number of aliphatic hydroxyl groups excluding tert-OH is 1. The van der Waals surface area contributed by atoms with E-state index in [1.807, 2.05) is 0 Å². The first kappa shape index (κ1) is 25.1. The third kappa shape index (κ3) is 7.25. The number of hydrogen-bond donors (Lipinski definition) is 2. The van der Waals surface area contributed by atoms with E-state index in [2.05, 4.69) is 20.1 Å². The van der Waals surface area contributed by atoms with E-state index >= 15 is 0 Å². The molecule has 0 aliphatic carbocycles. The van der Waals surface area contributed by atoms with Gasteiger partial charge in [-0.25, -0.2) is 9.37 Å². The van der Waals surface area contributed by atoms with Crippen LogP contribution in [0.3, 0.4) is 0 Å². The van der Waals surface area contributed by atoms with Crippen LogP contribution in [0.4, 0.5) is 10.1 Å². The quantitative estimate of drug-likeness (QED) is 0.462. The molecule has 3 aromatic rings. The zero-order chi connectivity index (χ0) is 24.8.